The molecular formula is C31H32N2O7. The molecule has 4 amide bonds. The summed E-state index contributed by atoms with van der Waals surface area (Å²) in [6.07, 6.45) is 2.55. The predicted octanol–water partition coefficient (Wildman–Crippen LogP) is 3.66. The first-order valence-corrected chi connectivity index (χ1v) is 13.6. The highest BCUT2D eigenvalue weighted by Gasteiger charge is 2.68. The van der Waals surface area contributed by atoms with E-state index in [4.69, 9.17) is 9.47 Å². The number of imide groups is 2. The minimum Gasteiger partial charge on any atom is -0.507 e. The SMILES string of the molecule is CCN1C(=O)[C@H]2[C@H](CC=C3[C@H]2C[C@H]2C(=O)N(c4ccccc4)C(=O)[C@@]2(C)[C@H]3c2c(O)cc(OC)cc2OC)C1=O. The molecule has 4 aliphatic rings. The van der Waals surface area contributed by atoms with Crippen LogP contribution in [0.15, 0.2) is 54.1 Å². The van der Waals surface area contributed by atoms with Gasteiger partial charge in [0.1, 0.15) is 17.2 Å². The molecule has 0 spiro atoms. The van der Waals surface area contributed by atoms with Crippen molar-refractivity contribution in [1.82, 2.24) is 4.90 Å². The molecule has 2 aromatic carbocycles. The number of methoxy groups -OCH3 is 2. The first-order chi connectivity index (χ1) is 19.2. The lowest BCUT2D eigenvalue weighted by molar-refractivity contribution is -0.140. The first-order valence-electron chi connectivity index (χ1n) is 13.6. The zero-order valence-electron chi connectivity index (χ0n) is 22.9. The maximum atomic E-state index is 14.4. The van der Waals surface area contributed by atoms with Gasteiger partial charge in [-0.3, -0.25) is 24.1 Å². The van der Waals surface area contributed by atoms with Gasteiger partial charge < -0.3 is 14.6 Å². The summed E-state index contributed by atoms with van der Waals surface area (Å²) in [5.41, 5.74) is 0.341. The van der Waals surface area contributed by atoms with Gasteiger partial charge in [-0.2, -0.15) is 0 Å². The van der Waals surface area contributed by atoms with E-state index in [0.29, 0.717) is 29.2 Å². The van der Waals surface area contributed by atoms with Gasteiger partial charge in [0.2, 0.25) is 23.6 Å². The van der Waals surface area contributed by atoms with E-state index in [-0.39, 0.29) is 42.3 Å². The molecule has 40 heavy (non-hydrogen) atoms. The summed E-state index contributed by atoms with van der Waals surface area (Å²) in [7, 11) is 2.95. The van der Waals surface area contributed by atoms with Gasteiger partial charge >= 0.3 is 0 Å². The Bertz CT molecular complexity index is 1470. The zero-order chi connectivity index (χ0) is 28.5. The Kier molecular flexibility index (Phi) is 6.01. The Balaban J connectivity index is 1.58. The number of carbonyl (C=O) groups is 4. The lowest BCUT2D eigenvalue weighted by Crippen LogP contribution is -2.49. The third kappa shape index (κ3) is 3.33. The number of likely N-dealkylation sites (tertiary alicyclic amines) is 1. The summed E-state index contributed by atoms with van der Waals surface area (Å²) >= 11 is 0. The van der Waals surface area contributed by atoms with Crippen molar-refractivity contribution in [3.05, 3.63) is 59.7 Å². The summed E-state index contributed by atoms with van der Waals surface area (Å²) in [5, 5.41) is 11.4. The van der Waals surface area contributed by atoms with E-state index in [9.17, 15) is 24.3 Å². The smallest absolute Gasteiger partial charge is 0.241 e. The fourth-order valence-electron chi connectivity index (χ4n) is 7.69. The van der Waals surface area contributed by atoms with Crippen LogP contribution in [0.4, 0.5) is 5.69 Å². The van der Waals surface area contributed by atoms with E-state index in [0.717, 1.165) is 5.57 Å². The molecule has 1 saturated carbocycles. The van der Waals surface area contributed by atoms with Crippen LogP contribution in [0.1, 0.15) is 38.2 Å². The number of benzene rings is 2. The van der Waals surface area contributed by atoms with Crippen LogP contribution in [0.3, 0.4) is 0 Å². The first kappa shape index (κ1) is 26.1. The van der Waals surface area contributed by atoms with Gasteiger partial charge in [-0.1, -0.05) is 29.8 Å². The summed E-state index contributed by atoms with van der Waals surface area (Å²) in [4.78, 5) is 57.8. The molecule has 0 bridgehead atoms. The second-order valence-electron chi connectivity index (χ2n) is 11.2. The van der Waals surface area contributed by atoms with Crippen LogP contribution < -0.4 is 14.4 Å². The van der Waals surface area contributed by atoms with Crippen LogP contribution in [0.5, 0.6) is 17.2 Å². The number of phenolic OH excluding ortho intramolecular Hbond substituents is 1. The van der Waals surface area contributed by atoms with Crippen molar-refractivity contribution >= 4 is 29.3 Å². The molecule has 0 radical (unpaired) electrons. The number of ether oxygens (including phenoxy) is 2. The maximum Gasteiger partial charge on any atom is 0.241 e. The van der Waals surface area contributed by atoms with Gasteiger partial charge in [0.05, 0.1) is 43.1 Å². The number of anilines is 1. The van der Waals surface area contributed by atoms with Crippen molar-refractivity contribution in [2.24, 2.45) is 29.1 Å². The molecule has 2 heterocycles. The van der Waals surface area contributed by atoms with Gasteiger partial charge in [-0.15, -0.1) is 0 Å². The Hall–Kier alpha value is -4.14. The molecule has 6 rings (SSSR count). The van der Waals surface area contributed by atoms with Gasteiger partial charge in [0, 0.05) is 30.2 Å². The Morgan fingerprint density at radius 1 is 0.975 bits per heavy atom. The zero-order valence-corrected chi connectivity index (χ0v) is 22.9. The minimum atomic E-state index is -1.28. The second kappa shape index (κ2) is 9.21. The third-order valence-corrected chi connectivity index (χ3v) is 9.53. The molecule has 9 heteroatoms. The minimum absolute atomic E-state index is 0.132. The maximum absolute atomic E-state index is 14.4. The van der Waals surface area contributed by atoms with Crippen LogP contribution in [0, 0.1) is 29.1 Å². The van der Waals surface area contributed by atoms with E-state index in [2.05, 4.69) is 0 Å². The van der Waals surface area contributed by atoms with Crippen LogP contribution in [-0.4, -0.2) is 54.4 Å². The quantitative estimate of drug-likeness (QED) is 0.452. The monoisotopic (exact) mass is 544 g/mol. The molecule has 9 nitrogen and oxygen atoms in total. The van der Waals surface area contributed by atoms with Crippen molar-refractivity contribution in [2.75, 3.05) is 25.7 Å². The van der Waals surface area contributed by atoms with Crippen LogP contribution in [0.25, 0.3) is 0 Å². The molecule has 208 valence electrons. The molecule has 0 unspecified atom stereocenters. The van der Waals surface area contributed by atoms with Crippen molar-refractivity contribution in [3.63, 3.8) is 0 Å². The standard InChI is InChI=1S/C31H32N2O7/c1-5-32-27(35)19-12-11-18-20(24(19)29(32)37)15-21-28(36)33(16-9-7-6-8-10-16)30(38)31(21,2)26(18)25-22(34)13-17(39-3)14-23(25)40-4/h6-11,13-14,19-21,24,26,34H,5,12,15H2,1-4H3/t19-,20+,21-,24-,26+,31+/m0/s1. The Morgan fingerprint density at radius 2 is 1.70 bits per heavy atom. The number of allylic oxidation sites excluding steroid dienone is 2. The number of fused-ring (bicyclic) bond motifs is 4. The average Bonchev–Trinajstić information content (AvgIpc) is 3.32. The molecule has 2 saturated heterocycles. The third-order valence-electron chi connectivity index (χ3n) is 9.53. The topological polar surface area (TPSA) is 113 Å². The van der Waals surface area contributed by atoms with Crippen molar-refractivity contribution in [1.29, 1.82) is 0 Å². The highest BCUT2D eigenvalue weighted by atomic mass is 16.5. The molecule has 6 atom stereocenters. The molecule has 0 aromatic heterocycles. The number of nitrogens with zero attached hydrogens (tertiary/aromatic N) is 2. The van der Waals surface area contributed by atoms with E-state index < -0.39 is 35.0 Å². The number of carbonyl (C=O) groups excluding carboxylic acids is 4. The van der Waals surface area contributed by atoms with Gasteiger partial charge in [-0.05, 0) is 44.7 Å². The number of para-hydroxylation sites is 1. The predicted molar refractivity (Wildman–Crippen MR) is 145 cm³/mol. The summed E-state index contributed by atoms with van der Waals surface area (Å²) in [6, 6.07) is 11.9. The molecule has 3 fully saturated rings. The molecule has 2 aliphatic heterocycles. The summed E-state index contributed by atoms with van der Waals surface area (Å²) in [5.74, 6) is -3.73. The van der Waals surface area contributed by atoms with Crippen LogP contribution >= 0.6 is 0 Å². The Morgan fingerprint density at radius 3 is 2.35 bits per heavy atom. The fourth-order valence-corrected chi connectivity index (χ4v) is 7.69. The van der Waals surface area contributed by atoms with E-state index in [1.54, 1.807) is 44.2 Å². The van der Waals surface area contributed by atoms with Crippen molar-refractivity contribution < 1.29 is 33.8 Å². The van der Waals surface area contributed by atoms with Gasteiger partial charge in [-0.25, -0.2) is 4.90 Å². The van der Waals surface area contributed by atoms with Crippen molar-refractivity contribution in [2.45, 2.75) is 32.6 Å². The van der Waals surface area contributed by atoms with Gasteiger partial charge in [0.25, 0.3) is 0 Å². The number of phenols is 1. The summed E-state index contributed by atoms with van der Waals surface area (Å²) in [6.45, 7) is 3.83. The lowest BCUT2D eigenvalue weighted by atomic mass is 9.51. The van der Waals surface area contributed by atoms with Crippen molar-refractivity contribution in [3.8, 4) is 17.2 Å². The van der Waals surface area contributed by atoms with E-state index in [1.807, 2.05) is 12.1 Å². The number of amides is 4. The molecule has 1 N–H and O–H groups in total. The van der Waals surface area contributed by atoms with Crippen LogP contribution in [-0.2, 0) is 19.2 Å². The average molecular weight is 545 g/mol. The number of aromatic hydroxyl groups is 1. The fraction of sp³-hybridized carbons (Fsp3) is 0.419. The Labute approximate surface area is 232 Å². The van der Waals surface area contributed by atoms with E-state index >= 15 is 0 Å². The van der Waals surface area contributed by atoms with E-state index in [1.165, 1.54) is 30.1 Å². The normalized spacial score (nSPS) is 31.1. The summed E-state index contributed by atoms with van der Waals surface area (Å²) < 4.78 is 11.1. The second-order valence-corrected chi connectivity index (χ2v) is 11.2. The highest BCUT2D eigenvalue weighted by Crippen LogP contribution is 2.65. The lowest BCUT2D eigenvalue weighted by Gasteiger charge is -2.49. The van der Waals surface area contributed by atoms with Gasteiger partial charge in [0.15, 0.2) is 0 Å². The van der Waals surface area contributed by atoms with Crippen LogP contribution in [0.2, 0.25) is 0 Å². The number of hydrogen-bond donors (Lipinski definition) is 1. The number of hydrogen-bond acceptors (Lipinski definition) is 7. The molecular weight excluding hydrogens is 512 g/mol. The molecule has 2 aliphatic carbocycles. The molecule has 2 aromatic rings. The highest BCUT2D eigenvalue weighted by molar-refractivity contribution is 6.24. The number of rotatable bonds is 5. The largest absolute Gasteiger partial charge is 0.507 e.